The molecule has 2 heteroatoms. The second-order valence-corrected chi connectivity index (χ2v) is 6.00. The first-order chi connectivity index (χ1) is 8.31. The van der Waals surface area contributed by atoms with E-state index in [1.165, 1.54) is 64.6 Å². The molecule has 1 N–H and O–H groups in total. The smallest absolute Gasteiger partial charge is 0.00940 e. The lowest BCUT2D eigenvalue weighted by molar-refractivity contribution is 0.184. The summed E-state index contributed by atoms with van der Waals surface area (Å²) < 4.78 is 0. The molecule has 1 saturated heterocycles. The van der Waals surface area contributed by atoms with E-state index in [1.807, 2.05) is 0 Å². The summed E-state index contributed by atoms with van der Waals surface area (Å²) in [6.45, 7) is 8.46. The number of nitrogens with zero attached hydrogens (tertiary/aromatic N) is 1. The minimum atomic E-state index is 0.806. The van der Waals surface area contributed by atoms with Gasteiger partial charge in [0.15, 0.2) is 0 Å². The summed E-state index contributed by atoms with van der Waals surface area (Å²) in [6, 6.07) is 1.64. The maximum absolute atomic E-state index is 3.92. The molecule has 0 spiro atoms. The lowest BCUT2D eigenvalue weighted by Gasteiger charge is -2.36. The van der Waals surface area contributed by atoms with Crippen LogP contribution >= 0.6 is 0 Å². The Hall–Kier alpha value is -0.0800. The number of rotatable bonds is 4. The van der Waals surface area contributed by atoms with E-state index in [2.05, 4.69) is 24.1 Å². The van der Waals surface area contributed by atoms with Crippen molar-refractivity contribution in [2.24, 2.45) is 5.92 Å². The van der Waals surface area contributed by atoms with Crippen molar-refractivity contribution in [1.29, 1.82) is 0 Å². The number of hydrogen-bond acceptors (Lipinski definition) is 2. The zero-order valence-electron chi connectivity index (χ0n) is 11.8. The SMILES string of the molecule is CCC1CCC(NC2CCN(CC)CC2)CC1. The molecule has 1 aliphatic heterocycles. The summed E-state index contributed by atoms with van der Waals surface area (Å²) in [5, 5.41) is 3.92. The lowest BCUT2D eigenvalue weighted by Crippen LogP contribution is -2.47. The second kappa shape index (κ2) is 6.75. The van der Waals surface area contributed by atoms with Gasteiger partial charge in [-0.25, -0.2) is 0 Å². The maximum atomic E-state index is 3.92. The first-order valence-corrected chi connectivity index (χ1v) is 7.80. The summed E-state index contributed by atoms with van der Waals surface area (Å²) in [6.07, 6.45) is 9.88. The minimum Gasteiger partial charge on any atom is -0.311 e. The van der Waals surface area contributed by atoms with E-state index in [4.69, 9.17) is 0 Å². The number of nitrogens with one attached hydrogen (secondary N) is 1. The normalized spacial score (nSPS) is 32.8. The number of likely N-dealkylation sites (tertiary alicyclic amines) is 1. The van der Waals surface area contributed by atoms with Crippen LogP contribution in [-0.2, 0) is 0 Å². The van der Waals surface area contributed by atoms with E-state index in [9.17, 15) is 0 Å². The van der Waals surface area contributed by atoms with Crippen LogP contribution in [0.1, 0.15) is 58.8 Å². The minimum absolute atomic E-state index is 0.806. The molecule has 0 aromatic rings. The van der Waals surface area contributed by atoms with Crippen molar-refractivity contribution in [3.05, 3.63) is 0 Å². The van der Waals surface area contributed by atoms with Crippen LogP contribution in [0.2, 0.25) is 0 Å². The van der Waals surface area contributed by atoms with Crippen molar-refractivity contribution in [3.63, 3.8) is 0 Å². The fourth-order valence-electron chi connectivity index (χ4n) is 3.49. The maximum Gasteiger partial charge on any atom is 0.00940 e. The van der Waals surface area contributed by atoms with Gasteiger partial charge in [0.1, 0.15) is 0 Å². The van der Waals surface area contributed by atoms with Gasteiger partial charge in [0.25, 0.3) is 0 Å². The Labute approximate surface area is 107 Å². The largest absolute Gasteiger partial charge is 0.311 e. The predicted octanol–water partition coefficient (Wildman–Crippen LogP) is 3.03. The van der Waals surface area contributed by atoms with E-state index in [0.29, 0.717) is 0 Å². The van der Waals surface area contributed by atoms with Crippen molar-refractivity contribution < 1.29 is 0 Å². The number of hydrogen-bond donors (Lipinski definition) is 1. The summed E-state index contributed by atoms with van der Waals surface area (Å²) in [7, 11) is 0. The van der Waals surface area contributed by atoms with Crippen LogP contribution in [0.15, 0.2) is 0 Å². The predicted molar refractivity (Wildman–Crippen MR) is 74.3 cm³/mol. The van der Waals surface area contributed by atoms with Crippen LogP contribution in [0, 0.1) is 5.92 Å². The molecule has 0 aromatic heterocycles. The molecule has 0 amide bonds. The average molecular weight is 238 g/mol. The van der Waals surface area contributed by atoms with Crippen molar-refractivity contribution in [1.82, 2.24) is 10.2 Å². The first kappa shape index (κ1) is 13.4. The van der Waals surface area contributed by atoms with E-state index >= 15 is 0 Å². The molecule has 0 aromatic carbocycles. The van der Waals surface area contributed by atoms with Crippen molar-refractivity contribution in [2.75, 3.05) is 19.6 Å². The Morgan fingerprint density at radius 3 is 2.00 bits per heavy atom. The van der Waals surface area contributed by atoms with Crippen molar-refractivity contribution in [2.45, 2.75) is 70.9 Å². The van der Waals surface area contributed by atoms with Gasteiger partial charge >= 0.3 is 0 Å². The van der Waals surface area contributed by atoms with Crippen molar-refractivity contribution >= 4 is 0 Å². The standard InChI is InChI=1S/C15H30N2/c1-3-13-5-7-14(8-6-13)16-15-9-11-17(4-2)12-10-15/h13-16H,3-12H2,1-2H3. The highest BCUT2D eigenvalue weighted by Crippen LogP contribution is 2.27. The highest BCUT2D eigenvalue weighted by Gasteiger charge is 2.24. The fraction of sp³-hybridized carbons (Fsp3) is 1.00. The Bertz CT molecular complexity index is 179. The quantitative estimate of drug-likeness (QED) is 0.810. The molecular weight excluding hydrogens is 208 g/mol. The third-order valence-corrected chi connectivity index (χ3v) is 4.93. The first-order valence-electron chi connectivity index (χ1n) is 7.80. The van der Waals surface area contributed by atoms with Crippen molar-refractivity contribution in [3.8, 4) is 0 Å². The van der Waals surface area contributed by atoms with Crippen LogP contribution in [0.3, 0.4) is 0 Å². The Kier molecular flexibility index (Phi) is 5.30. The molecule has 17 heavy (non-hydrogen) atoms. The molecule has 2 nitrogen and oxygen atoms in total. The molecule has 100 valence electrons. The molecule has 1 saturated carbocycles. The summed E-state index contributed by atoms with van der Waals surface area (Å²) in [4.78, 5) is 2.58. The van der Waals surface area contributed by atoms with Gasteiger partial charge < -0.3 is 10.2 Å². The van der Waals surface area contributed by atoms with E-state index in [-0.39, 0.29) is 0 Å². The zero-order valence-corrected chi connectivity index (χ0v) is 11.8. The Morgan fingerprint density at radius 1 is 0.882 bits per heavy atom. The van der Waals surface area contributed by atoms with Gasteiger partial charge in [0.05, 0.1) is 0 Å². The summed E-state index contributed by atoms with van der Waals surface area (Å²) in [5.41, 5.74) is 0. The topological polar surface area (TPSA) is 15.3 Å². The molecule has 2 rings (SSSR count). The van der Waals surface area contributed by atoms with Crippen LogP contribution in [0.5, 0.6) is 0 Å². The van der Waals surface area contributed by atoms with E-state index in [0.717, 1.165) is 18.0 Å². The Morgan fingerprint density at radius 2 is 1.47 bits per heavy atom. The third kappa shape index (κ3) is 3.96. The van der Waals surface area contributed by atoms with Gasteiger partial charge in [-0.3, -0.25) is 0 Å². The summed E-state index contributed by atoms with van der Waals surface area (Å²) in [5.74, 6) is 1.02. The molecule has 0 atom stereocenters. The van der Waals surface area contributed by atoms with E-state index in [1.54, 1.807) is 0 Å². The van der Waals surface area contributed by atoms with Gasteiger partial charge in [0.2, 0.25) is 0 Å². The second-order valence-electron chi connectivity index (χ2n) is 6.00. The van der Waals surface area contributed by atoms with Crippen LogP contribution in [-0.4, -0.2) is 36.6 Å². The Balaban J connectivity index is 1.65. The molecule has 1 aliphatic carbocycles. The molecule has 0 radical (unpaired) electrons. The van der Waals surface area contributed by atoms with E-state index < -0.39 is 0 Å². The molecular formula is C15H30N2. The van der Waals surface area contributed by atoms with Crippen LogP contribution in [0.4, 0.5) is 0 Å². The van der Waals surface area contributed by atoms with Crippen LogP contribution in [0.25, 0.3) is 0 Å². The molecule has 2 fully saturated rings. The van der Waals surface area contributed by atoms with Gasteiger partial charge in [-0.2, -0.15) is 0 Å². The summed E-state index contributed by atoms with van der Waals surface area (Å²) >= 11 is 0. The molecule has 0 unspecified atom stereocenters. The number of piperidine rings is 1. The molecule has 0 bridgehead atoms. The monoisotopic (exact) mass is 238 g/mol. The third-order valence-electron chi connectivity index (χ3n) is 4.93. The highest BCUT2D eigenvalue weighted by atomic mass is 15.1. The zero-order chi connectivity index (χ0) is 12.1. The van der Waals surface area contributed by atoms with Crippen LogP contribution < -0.4 is 5.32 Å². The molecule has 2 aliphatic rings. The fourth-order valence-corrected chi connectivity index (χ4v) is 3.49. The van der Waals surface area contributed by atoms with Gasteiger partial charge in [-0.15, -0.1) is 0 Å². The average Bonchev–Trinajstić information content (AvgIpc) is 2.40. The lowest BCUT2D eigenvalue weighted by atomic mass is 9.84. The van der Waals surface area contributed by atoms with Gasteiger partial charge in [0, 0.05) is 12.1 Å². The highest BCUT2D eigenvalue weighted by molar-refractivity contribution is 4.83. The van der Waals surface area contributed by atoms with Gasteiger partial charge in [-0.05, 0) is 64.1 Å². The van der Waals surface area contributed by atoms with Gasteiger partial charge in [-0.1, -0.05) is 20.3 Å². The molecule has 1 heterocycles.